The van der Waals surface area contributed by atoms with Crippen LogP contribution in [0.2, 0.25) is 0 Å². The Hall–Kier alpha value is -1.39. The highest BCUT2D eigenvalue weighted by molar-refractivity contribution is 9.10. The first-order valence-electron chi connectivity index (χ1n) is 7.45. The summed E-state index contributed by atoms with van der Waals surface area (Å²) < 4.78 is 20.1. The fraction of sp³-hybridized carbons (Fsp3) is 0.333. The van der Waals surface area contributed by atoms with Crippen LogP contribution < -0.4 is 10.1 Å². The highest BCUT2D eigenvalue weighted by atomic mass is 79.9. The molecule has 2 aromatic carbocycles. The zero-order valence-corrected chi connectivity index (χ0v) is 14.5. The first-order chi connectivity index (χ1) is 10.6. The van der Waals surface area contributed by atoms with Crippen LogP contribution >= 0.6 is 15.9 Å². The molecular formula is C18H21BrFNO. The lowest BCUT2D eigenvalue weighted by Crippen LogP contribution is -2.17. The van der Waals surface area contributed by atoms with Gasteiger partial charge in [0.1, 0.15) is 11.6 Å². The summed E-state index contributed by atoms with van der Waals surface area (Å²) in [7, 11) is 0. The van der Waals surface area contributed by atoms with Crippen molar-refractivity contribution in [3.8, 4) is 5.75 Å². The average Bonchev–Trinajstić information content (AvgIpc) is 2.47. The van der Waals surface area contributed by atoms with E-state index in [0.29, 0.717) is 6.42 Å². The minimum Gasteiger partial charge on any atom is -0.490 e. The highest BCUT2D eigenvalue weighted by Crippen LogP contribution is 2.26. The molecule has 0 heterocycles. The molecule has 2 nitrogen and oxygen atoms in total. The molecule has 0 atom stereocenters. The van der Waals surface area contributed by atoms with Crippen molar-refractivity contribution < 1.29 is 9.13 Å². The van der Waals surface area contributed by atoms with Crippen LogP contribution in [-0.2, 0) is 13.0 Å². The van der Waals surface area contributed by atoms with E-state index in [-0.39, 0.29) is 11.9 Å². The first-order valence-corrected chi connectivity index (χ1v) is 8.25. The third-order valence-corrected chi connectivity index (χ3v) is 3.84. The summed E-state index contributed by atoms with van der Waals surface area (Å²) in [6, 6.07) is 13.0. The van der Waals surface area contributed by atoms with E-state index in [9.17, 15) is 4.39 Å². The highest BCUT2D eigenvalue weighted by Gasteiger charge is 2.05. The Morgan fingerprint density at radius 2 is 1.95 bits per heavy atom. The van der Waals surface area contributed by atoms with Gasteiger partial charge in [0.2, 0.25) is 0 Å². The van der Waals surface area contributed by atoms with Gasteiger partial charge < -0.3 is 10.1 Å². The van der Waals surface area contributed by atoms with Crippen LogP contribution in [0.5, 0.6) is 5.75 Å². The van der Waals surface area contributed by atoms with Gasteiger partial charge in [-0.15, -0.1) is 0 Å². The number of ether oxygens (including phenoxy) is 1. The molecule has 0 bridgehead atoms. The quantitative estimate of drug-likeness (QED) is 0.717. The van der Waals surface area contributed by atoms with Gasteiger partial charge in [0.15, 0.2) is 0 Å². The molecule has 0 aliphatic rings. The molecule has 0 amide bonds. The third kappa shape index (κ3) is 5.11. The van der Waals surface area contributed by atoms with Gasteiger partial charge in [0.25, 0.3) is 0 Å². The molecule has 22 heavy (non-hydrogen) atoms. The summed E-state index contributed by atoms with van der Waals surface area (Å²) in [6.45, 7) is 5.49. The van der Waals surface area contributed by atoms with Crippen LogP contribution in [0.1, 0.15) is 25.0 Å². The van der Waals surface area contributed by atoms with Crippen molar-refractivity contribution in [1.29, 1.82) is 0 Å². The Bertz CT molecular complexity index is 616. The number of rotatable bonds is 7. The molecule has 2 rings (SSSR count). The molecule has 1 N–H and O–H groups in total. The molecule has 0 aliphatic heterocycles. The molecule has 0 saturated carbocycles. The van der Waals surface area contributed by atoms with Crippen molar-refractivity contribution in [2.45, 2.75) is 32.9 Å². The lowest BCUT2D eigenvalue weighted by molar-refractivity contribution is 0.241. The van der Waals surface area contributed by atoms with E-state index in [1.807, 2.05) is 44.2 Å². The largest absolute Gasteiger partial charge is 0.490 e. The summed E-state index contributed by atoms with van der Waals surface area (Å²) in [5, 5.41) is 3.34. The van der Waals surface area contributed by atoms with E-state index in [2.05, 4.69) is 21.2 Å². The Balaban J connectivity index is 1.82. The molecule has 118 valence electrons. The maximum absolute atomic E-state index is 13.5. The average molecular weight is 366 g/mol. The van der Waals surface area contributed by atoms with E-state index in [1.54, 1.807) is 6.07 Å². The SMILES string of the molecule is CC(C)Oc1ccc(CNCCc2ccccc2F)cc1Br. The van der Waals surface area contributed by atoms with Gasteiger partial charge >= 0.3 is 0 Å². The summed E-state index contributed by atoms with van der Waals surface area (Å²) in [6.07, 6.45) is 0.837. The molecule has 2 aromatic rings. The Kier molecular flexibility index (Phi) is 6.40. The molecule has 0 radical (unpaired) electrons. The standard InChI is InChI=1S/C18H21BrFNO/c1-13(2)22-18-8-7-14(11-16(18)19)12-21-10-9-15-5-3-4-6-17(15)20/h3-8,11,13,21H,9-10,12H2,1-2H3. The molecule has 0 unspecified atom stereocenters. The molecule has 0 aromatic heterocycles. The van der Waals surface area contributed by atoms with Crippen LogP contribution in [0.15, 0.2) is 46.9 Å². The monoisotopic (exact) mass is 365 g/mol. The number of halogens is 2. The van der Waals surface area contributed by atoms with Crippen molar-refractivity contribution in [3.63, 3.8) is 0 Å². The number of hydrogen-bond donors (Lipinski definition) is 1. The summed E-state index contributed by atoms with van der Waals surface area (Å²) in [5.41, 5.74) is 1.91. The predicted octanol–water partition coefficient (Wildman–Crippen LogP) is 4.71. The van der Waals surface area contributed by atoms with Gasteiger partial charge in [-0.05, 0) is 72.1 Å². The second-order valence-corrected chi connectivity index (χ2v) is 6.30. The van der Waals surface area contributed by atoms with Crippen molar-refractivity contribution in [1.82, 2.24) is 5.32 Å². The zero-order chi connectivity index (χ0) is 15.9. The van der Waals surface area contributed by atoms with Gasteiger partial charge in [-0.1, -0.05) is 24.3 Å². The van der Waals surface area contributed by atoms with E-state index < -0.39 is 0 Å². The minimum absolute atomic E-state index is 0.137. The van der Waals surface area contributed by atoms with Crippen LogP contribution in [0.4, 0.5) is 4.39 Å². The van der Waals surface area contributed by atoms with Gasteiger partial charge in [-0.3, -0.25) is 0 Å². The number of benzene rings is 2. The molecule has 4 heteroatoms. The number of nitrogens with one attached hydrogen (secondary N) is 1. The topological polar surface area (TPSA) is 21.3 Å². The van der Waals surface area contributed by atoms with Gasteiger partial charge in [0.05, 0.1) is 10.6 Å². The third-order valence-electron chi connectivity index (χ3n) is 3.22. The van der Waals surface area contributed by atoms with Crippen molar-refractivity contribution in [2.24, 2.45) is 0 Å². The molecule has 0 saturated heterocycles. The zero-order valence-electron chi connectivity index (χ0n) is 12.9. The predicted molar refractivity (Wildman–Crippen MR) is 91.7 cm³/mol. The van der Waals surface area contributed by atoms with E-state index in [4.69, 9.17) is 4.74 Å². The van der Waals surface area contributed by atoms with Crippen LogP contribution in [0, 0.1) is 5.82 Å². The summed E-state index contributed by atoms with van der Waals surface area (Å²) in [5.74, 6) is 0.715. The van der Waals surface area contributed by atoms with Gasteiger partial charge in [0, 0.05) is 6.54 Å². The second kappa shape index (κ2) is 8.30. The lowest BCUT2D eigenvalue weighted by Gasteiger charge is -2.13. The lowest BCUT2D eigenvalue weighted by atomic mass is 10.1. The first kappa shape index (κ1) is 17.0. The molecular weight excluding hydrogens is 345 g/mol. The van der Waals surface area contributed by atoms with Crippen molar-refractivity contribution in [2.75, 3.05) is 6.54 Å². The van der Waals surface area contributed by atoms with E-state index in [1.165, 1.54) is 6.07 Å². The number of hydrogen-bond acceptors (Lipinski definition) is 2. The fourth-order valence-corrected chi connectivity index (χ4v) is 2.68. The second-order valence-electron chi connectivity index (χ2n) is 5.45. The van der Waals surface area contributed by atoms with Crippen LogP contribution in [-0.4, -0.2) is 12.6 Å². The molecule has 0 fully saturated rings. The fourth-order valence-electron chi connectivity index (χ4n) is 2.16. The normalized spacial score (nSPS) is 11.0. The van der Waals surface area contributed by atoms with Crippen LogP contribution in [0.3, 0.4) is 0 Å². The maximum atomic E-state index is 13.5. The Labute approximate surface area is 139 Å². The van der Waals surface area contributed by atoms with E-state index in [0.717, 1.165) is 34.4 Å². The van der Waals surface area contributed by atoms with Gasteiger partial charge in [-0.2, -0.15) is 0 Å². The van der Waals surface area contributed by atoms with E-state index >= 15 is 0 Å². The Morgan fingerprint density at radius 1 is 1.18 bits per heavy atom. The van der Waals surface area contributed by atoms with Crippen LogP contribution in [0.25, 0.3) is 0 Å². The molecule has 0 spiro atoms. The minimum atomic E-state index is -0.137. The van der Waals surface area contributed by atoms with Crippen molar-refractivity contribution >= 4 is 15.9 Å². The van der Waals surface area contributed by atoms with Crippen molar-refractivity contribution in [3.05, 3.63) is 63.9 Å². The van der Waals surface area contributed by atoms with Gasteiger partial charge in [-0.25, -0.2) is 4.39 Å². The molecule has 0 aliphatic carbocycles. The Morgan fingerprint density at radius 3 is 2.64 bits per heavy atom. The smallest absolute Gasteiger partial charge is 0.133 e. The summed E-state index contributed by atoms with van der Waals surface area (Å²) >= 11 is 3.53. The maximum Gasteiger partial charge on any atom is 0.133 e. The summed E-state index contributed by atoms with van der Waals surface area (Å²) in [4.78, 5) is 0.